The van der Waals surface area contributed by atoms with Crippen LogP contribution in [0.3, 0.4) is 0 Å². The highest BCUT2D eigenvalue weighted by atomic mass is 32.2. The maximum absolute atomic E-state index is 12.6. The predicted octanol–water partition coefficient (Wildman–Crippen LogP) is -0.0641. The Kier molecular flexibility index (Phi) is 2.75. The smallest absolute Gasteiger partial charge is 0.277 e. The van der Waals surface area contributed by atoms with Crippen molar-refractivity contribution >= 4 is 27.7 Å². The van der Waals surface area contributed by atoms with Gasteiger partial charge in [0.1, 0.15) is 5.41 Å². The summed E-state index contributed by atoms with van der Waals surface area (Å²) in [5, 5.41) is 3.21. The third-order valence-corrected chi connectivity index (χ3v) is 5.58. The van der Waals surface area contributed by atoms with Crippen molar-refractivity contribution in [2.24, 2.45) is 5.41 Å². The summed E-state index contributed by atoms with van der Waals surface area (Å²) in [5.74, 6) is -1.42. The molecule has 1 saturated carbocycles. The fourth-order valence-corrected chi connectivity index (χ4v) is 4.41. The molecule has 1 unspecified atom stereocenters. The molecule has 20 heavy (non-hydrogen) atoms. The molecule has 1 spiro atoms. The summed E-state index contributed by atoms with van der Waals surface area (Å²) in [6.45, 7) is 0. The van der Waals surface area contributed by atoms with E-state index in [1.54, 1.807) is 0 Å². The molecular weight excluding hydrogens is 284 g/mol. The number of amides is 4. The van der Waals surface area contributed by atoms with Gasteiger partial charge >= 0.3 is 6.03 Å². The van der Waals surface area contributed by atoms with Gasteiger partial charge in [-0.1, -0.05) is 12.8 Å². The van der Waals surface area contributed by atoms with E-state index in [4.69, 9.17) is 0 Å². The van der Waals surface area contributed by atoms with E-state index in [9.17, 15) is 22.8 Å². The summed E-state index contributed by atoms with van der Waals surface area (Å²) in [6.07, 6.45) is 3.64. The van der Waals surface area contributed by atoms with Crippen molar-refractivity contribution in [3.8, 4) is 0 Å². The fourth-order valence-electron chi connectivity index (χ4n) is 3.14. The van der Waals surface area contributed by atoms with Crippen LogP contribution in [0, 0.1) is 5.41 Å². The zero-order chi connectivity index (χ0) is 14.5. The Morgan fingerprint density at radius 1 is 1.20 bits per heavy atom. The summed E-state index contributed by atoms with van der Waals surface area (Å²) < 4.78 is 22.9. The van der Waals surface area contributed by atoms with Crippen molar-refractivity contribution in [3.05, 3.63) is 11.5 Å². The molecule has 1 atom stereocenters. The van der Waals surface area contributed by atoms with Crippen molar-refractivity contribution in [1.29, 1.82) is 0 Å². The van der Waals surface area contributed by atoms with Crippen LogP contribution in [0.2, 0.25) is 0 Å². The van der Waals surface area contributed by atoms with E-state index in [0.717, 1.165) is 23.1 Å². The lowest BCUT2D eigenvalue weighted by atomic mass is 9.81. The van der Waals surface area contributed by atoms with Crippen LogP contribution in [0.1, 0.15) is 25.7 Å². The van der Waals surface area contributed by atoms with Gasteiger partial charge in [0.05, 0.1) is 11.8 Å². The van der Waals surface area contributed by atoms with Gasteiger partial charge in [-0.15, -0.1) is 0 Å². The highest BCUT2D eigenvalue weighted by molar-refractivity contribution is 7.94. The van der Waals surface area contributed by atoms with Gasteiger partial charge in [0, 0.05) is 5.41 Å². The molecule has 2 heterocycles. The van der Waals surface area contributed by atoms with Gasteiger partial charge in [-0.3, -0.25) is 19.8 Å². The third-order valence-electron chi connectivity index (χ3n) is 4.20. The number of imide groups is 2. The van der Waals surface area contributed by atoms with Crippen LogP contribution >= 0.6 is 0 Å². The number of nitrogens with one attached hydrogen (secondary N) is 1. The number of urea groups is 1. The Morgan fingerprint density at radius 2 is 1.85 bits per heavy atom. The van der Waals surface area contributed by atoms with Gasteiger partial charge in [-0.2, -0.15) is 0 Å². The molecule has 1 saturated heterocycles. The Labute approximate surface area is 115 Å². The molecule has 0 aromatic rings. The molecule has 1 N–H and O–H groups in total. The molecule has 2 aliphatic heterocycles. The minimum atomic E-state index is -3.38. The lowest BCUT2D eigenvalue weighted by molar-refractivity contribution is -0.151. The normalized spacial score (nSPS) is 31.1. The van der Waals surface area contributed by atoms with Gasteiger partial charge in [0.2, 0.25) is 11.8 Å². The average Bonchev–Trinajstić information content (AvgIpc) is 2.95. The van der Waals surface area contributed by atoms with Crippen LogP contribution in [0.4, 0.5) is 4.79 Å². The molecule has 108 valence electrons. The van der Waals surface area contributed by atoms with Crippen LogP contribution in [-0.4, -0.2) is 43.0 Å². The molecule has 0 aromatic heterocycles. The van der Waals surface area contributed by atoms with E-state index < -0.39 is 39.1 Å². The topological polar surface area (TPSA) is 101 Å². The van der Waals surface area contributed by atoms with Crippen molar-refractivity contribution in [2.45, 2.75) is 31.7 Å². The quantitative estimate of drug-likeness (QED) is 0.683. The summed E-state index contributed by atoms with van der Waals surface area (Å²) in [7, 11) is -3.38. The van der Waals surface area contributed by atoms with Gasteiger partial charge < -0.3 is 0 Å². The average molecular weight is 298 g/mol. The highest BCUT2D eigenvalue weighted by Gasteiger charge is 2.56. The number of sulfone groups is 1. The molecule has 8 heteroatoms. The second kappa shape index (κ2) is 4.15. The molecule has 1 aliphatic carbocycles. The van der Waals surface area contributed by atoms with Gasteiger partial charge in [0.15, 0.2) is 9.84 Å². The number of carbonyl (C=O) groups is 3. The maximum atomic E-state index is 12.6. The van der Waals surface area contributed by atoms with Crippen LogP contribution in [0.5, 0.6) is 0 Å². The van der Waals surface area contributed by atoms with Crippen molar-refractivity contribution < 1.29 is 22.8 Å². The summed E-state index contributed by atoms with van der Waals surface area (Å²) >= 11 is 0. The van der Waals surface area contributed by atoms with Crippen LogP contribution in [0.25, 0.3) is 0 Å². The third kappa shape index (κ3) is 1.78. The Hall–Kier alpha value is -1.70. The zero-order valence-electron chi connectivity index (χ0n) is 10.7. The first-order valence-corrected chi connectivity index (χ1v) is 8.17. The van der Waals surface area contributed by atoms with E-state index >= 15 is 0 Å². The molecular formula is C12H14N2O5S. The first-order valence-electron chi connectivity index (χ1n) is 6.46. The molecule has 4 amide bonds. The monoisotopic (exact) mass is 298 g/mol. The number of rotatable bonds is 1. The summed E-state index contributed by atoms with van der Waals surface area (Å²) in [5.41, 5.74) is -1.19. The molecule has 7 nitrogen and oxygen atoms in total. The van der Waals surface area contributed by atoms with Crippen molar-refractivity contribution in [3.63, 3.8) is 0 Å². The van der Waals surface area contributed by atoms with E-state index in [1.807, 2.05) is 0 Å². The fraction of sp³-hybridized carbons (Fsp3) is 0.583. The predicted molar refractivity (Wildman–Crippen MR) is 68.0 cm³/mol. The van der Waals surface area contributed by atoms with Gasteiger partial charge in [0.25, 0.3) is 0 Å². The van der Waals surface area contributed by atoms with Gasteiger partial charge in [-0.25, -0.2) is 13.2 Å². The molecule has 3 aliphatic rings. The molecule has 2 fully saturated rings. The van der Waals surface area contributed by atoms with E-state index in [2.05, 4.69) is 5.32 Å². The number of hydrogen-bond donors (Lipinski definition) is 1. The van der Waals surface area contributed by atoms with Crippen LogP contribution < -0.4 is 5.32 Å². The second-order valence-corrected chi connectivity index (χ2v) is 7.38. The van der Waals surface area contributed by atoms with Gasteiger partial charge in [-0.05, 0) is 18.9 Å². The first kappa shape index (κ1) is 13.3. The lowest BCUT2D eigenvalue weighted by Crippen LogP contribution is -2.65. The van der Waals surface area contributed by atoms with Crippen molar-refractivity contribution in [2.75, 3.05) is 5.75 Å². The lowest BCUT2D eigenvalue weighted by Gasteiger charge is -2.38. The molecule has 0 aromatic carbocycles. The maximum Gasteiger partial charge on any atom is 0.331 e. The van der Waals surface area contributed by atoms with E-state index in [-0.39, 0.29) is 5.75 Å². The summed E-state index contributed by atoms with van der Waals surface area (Å²) in [4.78, 5) is 37.4. The SMILES string of the molecule is O=C1NC(=O)C2(CCCC2)C(=O)N1C1C=CS(=O)(=O)C1. The van der Waals surface area contributed by atoms with Crippen LogP contribution in [-0.2, 0) is 19.4 Å². The van der Waals surface area contributed by atoms with Crippen LogP contribution in [0.15, 0.2) is 11.5 Å². The minimum Gasteiger partial charge on any atom is -0.277 e. The Morgan fingerprint density at radius 3 is 2.40 bits per heavy atom. The Balaban J connectivity index is 1.95. The highest BCUT2D eigenvalue weighted by Crippen LogP contribution is 2.42. The summed E-state index contributed by atoms with van der Waals surface area (Å²) in [6, 6.07) is -1.65. The second-order valence-electron chi connectivity index (χ2n) is 5.45. The first-order chi connectivity index (χ1) is 9.36. The van der Waals surface area contributed by atoms with E-state index in [0.29, 0.717) is 12.8 Å². The van der Waals surface area contributed by atoms with E-state index in [1.165, 1.54) is 6.08 Å². The number of barbiturate groups is 1. The molecule has 3 rings (SSSR count). The number of nitrogens with zero attached hydrogens (tertiary/aromatic N) is 1. The largest absolute Gasteiger partial charge is 0.331 e. The zero-order valence-corrected chi connectivity index (χ0v) is 11.5. The molecule has 0 bridgehead atoms. The molecule has 0 radical (unpaired) electrons. The standard InChI is InChI=1S/C12H14N2O5S/c15-9-12(4-1-2-5-12)10(16)14(11(17)13-9)8-3-6-20(18,19)7-8/h3,6,8H,1-2,4-5,7H2,(H,13,15,17). The van der Waals surface area contributed by atoms with Crippen molar-refractivity contribution in [1.82, 2.24) is 10.2 Å². The minimum absolute atomic E-state index is 0.309. The Bertz CT molecular complexity index is 630. The number of hydrogen-bond acceptors (Lipinski definition) is 5. The number of carbonyl (C=O) groups excluding carboxylic acids is 3.